The Morgan fingerprint density at radius 1 is 1.32 bits per heavy atom. The van der Waals surface area contributed by atoms with Crippen molar-refractivity contribution in [2.45, 2.75) is 25.3 Å². The monoisotopic (exact) mass is 301 g/mol. The smallest absolute Gasteiger partial charge is 0.254 e. The van der Waals surface area contributed by atoms with Crippen molar-refractivity contribution in [1.82, 2.24) is 15.6 Å². The first-order chi connectivity index (χ1) is 9.06. The minimum atomic E-state index is -0.367. The fraction of sp³-hybridized carbons (Fsp3) is 0.417. The molecule has 102 valence electrons. The molecule has 19 heavy (non-hydrogen) atoms. The second-order valence-corrected chi connectivity index (χ2v) is 5.07. The molecule has 1 aliphatic carbocycles. The molecule has 7 heteroatoms. The summed E-state index contributed by atoms with van der Waals surface area (Å²) in [5, 5.41) is 5.73. The van der Waals surface area contributed by atoms with E-state index in [1.807, 2.05) is 0 Å². The first-order valence-electron chi connectivity index (χ1n) is 5.96. The zero-order valence-electron chi connectivity index (χ0n) is 10.1. The topological polar surface area (TPSA) is 71.1 Å². The molecule has 0 saturated heterocycles. The Kier molecular flexibility index (Phi) is 4.61. The summed E-state index contributed by atoms with van der Waals surface area (Å²) in [5.41, 5.74) is 0.244. The maximum absolute atomic E-state index is 11.8. The van der Waals surface area contributed by atoms with Crippen LogP contribution in [0.4, 0.5) is 0 Å². The third kappa shape index (κ3) is 4.36. The fourth-order valence-electron chi connectivity index (χ4n) is 1.49. The molecule has 0 radical (unpaired) electrons. The molecule has 0 aliphatic heterocycles. The fourth-order valence-corrected chi connectivity index (χ4v) is 1.92. The lowest BCUT2D eigenvalue weighted by molar-refractivity contribution is -0.121. The van der Waals surface area contributed by atoms with Crippen molar-refractivity contribution in [2.75, 3.05) is 6.54 Å². The van der Waals surface area contributed by atoms with Gasteiger partial charge in [-0.25, -0.2) is 4.98 Å². The predicted molar refractivity (Wildman–Crippen MR) is 72.4 cm³/mol. The Bertz CT molecular complexity index is 504. The number of halogens is 2. The number of aromatic nitrogens is 1. The summed E-state index contributed by atoms with van der Waals surface area (Å²) in [6.45, 7) is 0.260. The van der Waals surface area contributed by atoms with E-state index in [4.69, 9.17) is 23.2 Å². The maximum atomic E-state index is 11.8. The number of hydrogen-bond acceptors (Lipinski definition) is 3. The summed E-state index contributed by atoms with van der Waals surface area (Å²) in [7, 11) is 0. The van der Waals surface area contributed by atoms with Gasteiger partial charge in [-0.1, -0.05) is 23.2 Å². The maximum Gasteiger partial charge on any atom is 0.254 e. The van der Waals surface area contributed by atoms with Gasteiger partial charge >= 0.3 is 0 Å². The third-order valence-corrected chi connectivity index (χ3v) is 3.14. The van der Waals surface area contributed by atoms with Gasteiger partial charge in [-0.2, -0.15) is 0 Å². The van der Waals surface area contributed by atoms with E-state index >= 15 is 0 Å². The molecule has 1 saturated carbocycles. The first-order valence-corrected chi connectivity index (χ1v) is 6.71. The van der Waals surface area contributed by atoms with Crippen molar-refractivity contribution in [3.63, 3.8) is 0 Å². The summed E-state index contributed by atoms with van der Waals surface area (Å²) in [4.78, 5) is 27.0. The average molecular weight is 302 g/mol. The number of carbonyl (C=O) groups excluding carboxylic acids is 2. The summed E-state index contributed by atoms with van der Waals surface area (Å²) in [5.74, 6) is -0.420. The number of nitrogens with one attached hydrogen (secondary N) is 2. The van der Waals surface area contributed by atoms with Crippen LogP contribution in [0.25, 0.3) is 0 Å². The van der Waals surface area contributed by atoms with Crippen LogP contribution in [0, 0.1) is 0 Å². The van der Waals surface area contributed by atoms with Crippen LogP contribution in [0.5, 0.6) is 0 Å². The number of rotatable bonds is 5. The van der Waals surface area contributed by atoms with Gasteiger partial charge < -0.3 is 10.6 Å². The SMILES string of the molecule is O=C(CCNC(=O)c1ccc(Cl)nc1Cl)NC1CC1. The van der Waals surface area contributed by atoms with Crippen LogP contribution >= 0.6 is 23.2 Å². The van der Waals surface area contributed by atoms with Crippen molar-refractivity contribution in [1.29, 1.82) is 0 Å². The van der Waals surface area contributed by atoms with Gasteiger partial charge in [0, 0.05) is 19.0 Å². The summed E-state index contributed by atoms with van der Waals surface area (Å²) >= 11 is 11.4. The van der Waals surface area contributed by atoms with Crippen molar-refractivity contribution >= 4 is 35.0 Å². The number of amides is 2. The summed E-state index contributed by atoms with van der Waals surface area (Å²) in [6.07, 6.45) is 2.34. The second-order valence-electron chi connectivity index (χ2n) is 4.32. The van der Waals surface area contributed by atoms with Crippen LogP contribution in [0.2, 0.25) is 10.3 Å². The third-order valence-electron chi connectivity index (χ3n) is 2.64. The first kappa shape index (κ1) is 14.1. The van der Waals surface area contributed by atoms with Crippen LogP contribution in [0.15, 0.2) is 12.1 Å². The van der Waals surface area contributed by atoms with Gasteiger partial charge in [-0.05, 0) is 25.0 Å². The van der Waals surface area contributed by atoms with Crippen LogP contribution in [-0.4, -0.2) is 29.4 Å². The minimum Gasteiger partial charge on any atom is -0.353 e. The number of carbonyl (C=O) groups is 2. The lowest BCUT2D eigenvalue weighted by atomic mass is 10.2. The van der Waals surface area contributed by atoms with E-state index in [0.717, 1.165) is 12.8 Å². The van der Waals surface area contributed by atoms with Gasteiger partial charge in [0.2, 0.25) is 5.91 Å². The van der Waals surface area contributed by atoms with Crippen molar-refractivity contribution in [3.05, 3.63) is 28.0 Å². The zero-order valence-corrected chi connectivity index (χ0v) is 11.6. The highest BCUT2D eigenvalue weighted by molar-refractivity contribution is 6.34. The average Bonchev–Trinajstić information content (AvgIpc) is 3.12. The van der Waals surface area contributed by atoms with Gasteiger partial charge in [0.25, 0.3) is 5.91 Å². The Labute approximate surface area is 120 Å². The lowest BCUT2D eigenvalue weighted by Crippen LogP contribution is -2.31. The van der Waals surface area contributed by atoms with E-state index in [-0.39, 0.29) is 40.6 Å². The van der Waals surface area contributed by atoms with Gasteiger partial charge in [0.15, 0.2) is 0 Å². The van der Waals surface area contributed by atoms with Crippen molar-refractivity contribution < 1.29 is 9.59 Å². The van der Waals surface area contributed by atoms with E-state index < -0.39 is 0 Å². The molecule has 5 nitrogen and oxygen atoms in total. The molecule has 0 bridgehead atoms. The summed E-state index contributed by atoms with van der Waals surface area (Å²) in [6, 6.07) is 3.32. The van der Waals surface area contributed by atoms with Gasteiger partial charge in [-0.3, -0.25) is 9.59 Å². The van der Waals surface area contributed by atoms with Crippen LogP contribution in [0.3, 0.4) is 0 Å². The Hall–Kier alpha value is -1.33. The number of pyridine rings is 1. The van der Waals surface area contributed by atoms with E-state index in [9.17, 15) is 9.59 Å². The predicted octanol–water partition coefficient (Wildman–Crippen LogP) is 1.79. The summed E-state index contributed by atoms with van der Waals surface area (Å²) < 4.78 is 0. The highest BCUT2D eigenvalue weighted by Gasteiger charge is 2.22. The molecule has 1 aromatic heterocycles. The molecule has 1 aliphatic rings. The van der Waals surface area contributed by atoms with Crippen molar-refractivity contribution in [2.24, 2.45) is 0 Å². The standard InChI is InChI=1S/C12H13Cl2N3O2/c13-9-4-3-8(11(14)17-9)12(19)15-6-5-10(18)16-7-1-2-7/h3-4,7H,1-2,5-6H2,(H,15,19)(H,16,18). The molecule has 2 amide bonds. The quantitative estimate of drug-likeness (QED) is 0.815. The normalized spacial score (nSPS) is 14.0. The lowest BCUT2D eigenvalue weighted by Gasteiger charge is -2.06. The Balaban J connectivity index is 1.78. The molecule has 0 spiro atoms. The van der Waals surface area contributed by atoms with Gasteiger partial charge in [0.05, 0.1) is 5.56 Å². The van der Waals surface area contributed by atoms with E-state index in [0.29, 0.717) is 6.04 Å². The van der Waals surface area contributed by atoms with E-state index in [1.54, 1.807) is 0 Å². The highest BCUT2D eigenvalue weighted by atomic mass is 35.5. The van der Waals surface area contributed by atoms with E-state index in [2.05, 4.69) is 15.6 Å². The van der Waals surface area contributed by atoms with Gasteiger partial charge in [0.1, 0.15) is 10.3 Å². The molecule has 0 unspecified atom stereocenters. The molecular weight excluding hydrogens is 289 g/mol. The molecule has 2 rings (SSSR count). The minimum absolute atomic E-state index is 0.0485. The van der Waals surface area contributed by atoms with Crippen molar-refractivity contribution in [3.8, 4) is 0 Å². The highest BCUT2D eigenvalue weighted by Crippen LogP contribution is 2.18. The van der Waals surface area contributed by atoms with E-state index in [1.165, 1.54) is 12.1 Å². The molecular formula is C12H13Cl2N3O2. The number of hydrogen-bond donors (Lipinski definition) is 2. The Morgan fingerprint density at radius 2 is 2.05 bits per heavy atom. The number of nitrogens with zero attached hydrogens (tertiary/aromatic N) is 1. The van der Waals surface area contributed by atoms with Gasteiger partial charge in [-0.15, -0.1) is 0 Å². The largest absolute Gasteiger partial charge is 0.353 e. The van der Waals surface area contributed by atoms with Crippen LogP contribution in [-0.2, 0) is 4.79 Å². The Morgan fingerprint density at radius 3 is 2.68 bits per heavy atom. The molecule has 0 atom stereocenters. The molecule has 1 fully saturated rings. The zero-order chi connectivity index (χ0) is 13.8. The van der Waals surface area contributed by atoms with Crippen LogP contribution in [0.1, 0.15) is 29.6 Å². The molecule has 0 aromatic carbocycles. The molecule has 1 aromatic rings. The van der Waals surface area contributed by atoms with Crippen LogP contribution < -0.4 is 10.6 Å². The molecule has 2 N–H and O–H groups in total. The molecule has 1 heterocycles. The second kappa shape index (κ2) is 6.21.